The Bertz CT molecular complexity index is 957. The lowest BCUT2D eigenvalue weighted by Crippen LogP contribution is -2.29. The van der Waals surface area contributed by atoms with Crippen molar-refractivity contribution in [3.8, 4) is 11.5 Å². The highest BCUT2D eigenvalue weighted by molar-refractivity contribution is 6.27. The van der Waals surface area contributed by atoms with Crippen LogP contribution in [0.1, 0.15) is 47.9 Å². The van der Waals surface area contributed by atoms with Gasteiger partial charge >= 0.3 is 5.97 Å². The van der Waals surface area contributed by atoms with E-state index in [1.807, 2.05) is 13.8 Å². The Morgan fingerprint density at radius 2 is 1.68 bits per heavy atom. The van der Waals surface area contributed by atoms with Crippen molar-refractivity contribution in [2.24, 2.45) is 0 Å². The van der Waals surface area contributed by atoms with E-state index in [-0.39, 0.29) is 28.7 Å². The SMILES string of the molecule is C=C(C)C(=C)C(=O)O[C@H](CC=C(C)C)C1=CC(=O)c2c(O)ccc(O)c2C1=O. The minimum Gasteiger partial charge on any atom is -0.507 e. The number of benzene rings is 1. The maximum absolute atomic E-state index is 13.0. The highest BCUT2D eigenvalue weighted by Crippen LogP contribution is 2.36. The zero-order valence-electron chi connectivity index (χ0n) is 16.0. The number of fused-ring (bicyclic) bond motifs is 1. The second kappa shape index (κ2) is 8.08. The van der Waals surface area contributed by atoms with E-state index in [1.54, 1.807) is 13.0 Å². The maximum atomic E-state index is 13.0. The van der Waals surface area contributed by atoms with E-state index in [0.29, 0.717) is 5.57 Å². The highest BCUT2D eigenvalue weighted by atomic mass is 16.5. The third kappa shape index (κ3) is 4.11. The summed E-state index contributed by atoms with van der Waals surface area (Å²) in [4.78, 5) is 37.8. The summed E-state index contributed by atoms with van der Waals surface area (Å²) in [7, 11) is 0. The smallest absolute Gasteiger partial charge is 0.338 e. The third-order valence-electron chi connectivity index (χ3n) is 4.28. The fourth-order valence-corrected chi connectivity index (χ4v) is 2.68. The molecular weight excluding hydrogens is 360 g/mol. The van der Waals surface area contributed by atoms with E-state index in [0.717, 1.165) is 23.8 Å². The first-order valence-electron chi connectivity index (χ1n) is 8.59. The average molecular weight is 382 g/mol. The van der Waals surface area contributed by atoms with E-state index in [4.69, 9.17) is 4.74 Å². The van der Waals surface area contributed by atoms with Crippen LogP contribution < -0.4 is 0 Å². The summed E-state index contributed by atoms with van der Waals surface area (Å²) in [5, 5.41) is 20.0. The number of phenolic OH excluding ortho intramolecular Hbond substituents is 2. The number of ketones is 2. The molecule has 146 valence electrons. The molecule has 2 N–H and O–H groups in total. The zero-order valence-corrected chi connectivity index (χ0v) is 16.0. The van der Waals surface area contributed by atoms with Gasteiger partial charge in [0.05, 0.1) is 16.7 Å². The van der Waals surface area contributed by atoms with Crippen LogP contribution in [0.2, 0.25) is 0 Å². The second-order valence-corrected chi connectivity index (χ2v) is 6.82. The van der Waals surface area contributed by atoms with Crippen LogP contribution in [0.15, 0.2) is 59.7 Å². The van der Waals surface area contributed by atoms with Gasteiger partial charge in [0.25, 0.3) is 0 Å². The number of hydrogen-bond donors (Lipinski definition) is 2. The molecule has 0 amide bonds. The van der Waals surface area contributed by atoms with Crippen LogP contribution in [0.25, 0.3) is 0 Å². The van der Waals surface area contributed by atoms with Gasteiger partial charge in [-0.05, 0) is 44.6 Å². The second-order valence-electron chi connectivity index (χ2n) is 6.82. The van der Waals surface area contributed by atoms with Crippen molar-refractivity contribution in [3.63, 3.8) is 0 Å². The van der Waals surface area contributed by atoms with Crippen molar-refractivity contribution in [2.75, 3.05) is 0 Å². The van der Waals surface area contributed by atoms with Gasteiger partial charge in [0.2, 0.25) is 0 Å². The number of esters is 1. The molecule has 28 heavy (non-hydrogen) atoms. The van der Waals surface area contributed by atoms with Crippen molar-refractivity contribution in [2.45, 2.75) is 33.3 Å². The number of carbonyl (C=O) groups is 3. The Morgan fingerprint density at radius 1 is 1.11 bits per heavy atom. The summed E-state index contributed by atoms with van der Waals surface area (Å²) >= 11 is 0. The molecule has 1 aliphatic rings. The number of allylic oxidation sites excluding steroid dienone is 2. The van der Waals surface area contributed by atoms with Gasteiger partial charge in [-0.3, -0.25) is 9.59 Å². The van der Waals surface area contributed by atoms with E-state index in [9.17, 15) is 24.6 Å². The molecule has 0 radical (unpaired) electrons. The first-order chi connectivity index (χ1) is 13.0. The summed E-state index contributed by atoms with van der Waals surface area (Å²) in [6.07, 6.45) is 1.88. The Labute approximate surface area is 163 Å². The van der Waals surface area contributed by atoms with Crippen LogP contribution in [0.5, 0.6) is 11.5 Å². The Morgan fingerprint density at radius 3 is 2.21 bits per heavy atom. The molecule has 0 aliphatic heterocycles. The van der Waals surface area contributed by atoms with Gasteiger partial charge in [0, 0.05) is 12.0 Å². The van der Waals surface area contributed by atoms with Gasteiger partial charge in [-0.15, -0.1) is 0 Å². The minimum atomic E-state index is -1.06. The normalized spacial score (nSPS) is 13.9. The average Bonchev–Trinajstić information content (AvgIpc) is 2.62. The van der Waals surface area contributed by atoms with E-state index in [1.165, 1.54) is 0 Å². The van der Waals surface area contributed by atoms with Gasteiger partial charge in [-0.1, -0.05) is 24.8 Å². The quantitative estimate of drug-likeness (QED) is 0.255. The first kappa shape index (κ1) is 20.9. The predicted octanol–water partition coefficient (Wildman–Crippen LogP) is 3.80. The molecule has 0 unspecified atom stereocenters. The molecule has 1 aromatic carbocycles. The van der Waals surface area contributed by atoms with Crippen molar-refractivity contribution in [1.82, 2.24) is 0 Å². The third-order valence-corrected chi connectivity index (χ3v) is 4.28. The molecule has 0 spiro atoms. The monoisotopic (exact) mass is 382 g/mol. The molecular formula is C22H22O6. The molecule has 0 aromatic heterocycles. The van der Waals surface area contributed by atoms with Gasteiger partial charge in [-0.25, -0.2) is 4.79 Å². The summed E-state index contributed by atoms with van der Waals surface area (Å²) in [6, 6.07) is 2.26. The van der Waals surface area contributed by atoms with E-state index < -0.39 is 35.1 Å². The van der Waals surface area contributed by atoms with Crippen molar-refractivity contribution in [3.05, 3.63) is 70.9 Å². The standard InChI is InChI=1S/C22H22O6/c1-11(2)6-9-18(28-22(27)13(5)12(3)4)14-10-17(25)19-15(23)7-8-16(24)20(19)21(14)26/h6-8,10,18,23-24H,3,5,9H2,1-2,4H3/t18-/m1/s1. The number of ether oxygens (including phenoxy) is 1. The van der Waals surface area contributed by atoms with E-state index in [2.05, 4.69) is 13.2 Å². The minimum absolute atomic E-state index is 0.0540. The number of aromatic hydroxyl groups is 2. The molecule has 0 bridgehead atoms. The van der Waals surface area contributed by atoms with Crippen molar-refractivity contribution in [1.29, 1.82) is 0 Å². The number of phenols is 2. The fraction of sp³-hybridized carbons (Fsp3) is 0.227. The summed E-state index contributed by atoms with van der Waals surface area (Å²) in [5.41, 5.74) is 0.735. The zero-order chi connectivity index (χ0) is 21.2. The van der Waals surface area contributed by atoms with E-state index >= 15 is 0 Å². The molecule has 6 nitrogen and oxygen atoms in total. The lowest BCUT2D eigenvalue weighted by Gasteiger charge is -2.24. The molecule has 2 rings (SSSR count). The highest BCUT2D eigenvalue weighted by Gasteiger charge is 2.35. The Balaban J connectivity index is 2.50. The predicted molar refractivity (Wildman–Crippen MR) is 104 cm³/mol. The Kier molecular flexibility index (Phi) is 6.03. The summed E-state index contributed by atoms with van der Waals surface area (Å²) < 4.78 is 5.44. The molecule has 6 heteroatoms. The van der Waals surface area contributed by atoms with Crippen LogP contribution in [0.3, 0.4) is 0 Å². The number of carbonyl (C=O) groups excluding carboxylic acids is 3. The molecule has 0 saturated carbocycles. The lowest BCUT2D eigenvalue weighted by atomic mass is 9.85. The summed E-state index contributed by atoms with van der Waals surface area (Å²) in [5.74, 6) is -2.95. The lowest BCUT2D eigenvalue weighted by molar-refractivity contribution is -0.142. The molecule has 1 aromatic rings. The van der Waals surface area contributed by atoms with Crippen LogP contribution in [0.4, 0.5) is 0 Å². The van der Waals surface area contributed by atoms with Crippen LogP contribution in [-0.2, 0) is 9.53 Å². The van der Waals surface area contributed by atoms with Crippen LogP contribution in [-0.4, -0.2) is 33.9 Å². The van der Waals surface area contributed by atoms with Crippen LogP contribution in [0, 0.1) is 0 Å². The van der Waals surface area contributed by atoms with Gasteiger partial charge in [-0.2, -0.15) is 0 Å². The molecule has 0 heterocycles. The number of Topliss-reactive ketones (excluding diaryl/α,β-unsaturated/α-hetero) is 1. The number of rotatable bonds is 6. The topological polar surface area (TPSA) is 101 Å². The van der Waals surface area contributed by atoms with Crippen molar-refractivity contribution < 1.29 is 29.3 Å². The largest absolute Gasteiger partial charge is 0.507 e. The molecule has 1 aliphatic carbocycles. The van der Waals surface area contributed by atoms with Gasteiger partial charge < -0.3 is 14.9 Å². The summed E-state index contributed by atoms with van der Waals surface area (Å²) in [6.45, 7) is 12.5. The molecule has 0 saturated heterocycles. The number of hydrogen-bond acceptors (Lipinski definition) is 6. The first-order valence-corrected chi connectivity index (χ1v) is 8.59. The Hall–Kier alpha value is -3.41. The molecule has 1 atom stereocenters. The van der Waals surface area contributed by atoms with Gasteiger partial charge in [0.15, 0.2) is 11.6 Å². The maximum Gasteiger partial charge on any atom is 0.338 e. The fourth-order valence-electron chi connectivity index (χ4n) is 2.68. The van der Waals surface area contributed by atoms with Gasteiger partial charge in [0.1, 0.15) is 17.6 Å². The van der Waals surface area contributed by atoms with Crippen molar-refractivity contribution >= 4 is 17.5 Å². The molecule has 0 fully saturated rings. The van der Waals surface area contributed by atoms with Crippen LogP contribution >= 0.6 is 0 Å².